The van der Waals surface area contributed by atoms with Gasteiger partial charge in [0, 0.05) is 106 Å². The lowest BCUT2D eigenvalue weighted by Crippen LogP contribution is -2.64. The summed E-state index contributed by atoms with van der Waals surface area (Å²) in [5, 5.41) is 10.0. The van der Waals surface area contributed by atoms with Gasteiger partial charge < -0.3 is 29.7 Å². The van der Waals surface area contributed by atoms with Crippen LogP contribution in [0.2, 0.25) is 5.02 Å². The lowest BCUT2D eigenvalue weighted by Gasteiger charge is -2.50. The van der Waals surface area contributed by atoms with Crippen LogP contribution in [0.3, 0.4) is 0 Å². The van der Waals surface area contributed by atoms with Crippen molar-refractivity contribution in [3.8, 4) is 5.75 Å². The minimum Gasteiger partial charge on any atom is -0.494 e. The predicted octanol–water partition coefficient (Wildman–Crippen LogP) is 5.80. The Morgan fingerprint density at radius 3 is 2.14 bits per heavy atom. The van der Waals surface area contributed by atoms with E-state index in [2.05, 4.69) is 69.8 Å². The number of piperazine rings is 1. The average Bonchev–Trinajstić information content (AvgIpc) is 3.19. The van der Waals surface area contributed by atoms with Crippen LogP contribution >= 0.6 is 18.7 Å². The quantitative estimate of drug-likeness (QED) is 0.158. The van der Waals surface area contributed by atoms with Gasteiger partial charge in [0.1, 0.15) is 17.9 Å². The molecule has 0 bridgehead atoms. The molecule has 57 heavy (non-hydrogen) atoms. The summed E-state index contributed by atoms with van der Waals surface area (Å²) >= 11 is 6.48. The molecule has 1 aromatic heterocycles. The highest BCUT2D eigenvalue weighted by Gasteiger charge is 2.36. The average molecular weight is 813 g/mol. The van der Waals surface area contributed by atoms with Gasteiger partial charge in [-0.2, -0.15) is 4.98 Å². The number of benzene rings is 3. The van der Waals surface area contributed by atoms with Crippen LogP contribution in [0, 0.1) is 0 Å². The summed E-state index contributed by atoms with van der Waals surface area (Å²) in [6, 6.07) is 22.5. The van der Waals surface area contributed by atoms with Crippen LogP contribution in [0.4, 0.5) is 45.0 Å². The number of piperidine rings is 1. The molecule has 16 heteroatoms. The molecule has 3 aromatic carbocycles. The van der Waals surface area contributed by atoms with Crippen molar-refractivity contribution in [2.24, 2.45) is 0 Å². The van der Waals surface area contributed by atoms with Crippen LogP contribution in [0.15, 0.2) is 72.9 Å². The minimum atomic E-state index is -2.54. The molecule has 3 amide bonds. The Morgan fingerprint density at radius 1 is 0.789 bits per heavy atom. The number of carbonyl (C=O) groups is 2. The summed E-state index contributed by atoms with van der Waals surface area (Å²) < 4.78 is 18.7. The zero-order valence-electron chi connectivity index (χ0n) is 32.7. The van der Waals surface area contributed by atoms with Gasteiger partial charge in [0.15, 0.2) is 5.82 Å². The van der Waals surface area contributed by atoms with E-state index in [9.17, 15) is 14.2 Å². The SMILES string of the molecule is COc1cc(N2CCC(N3CCN(C4CN(c5ccc(N6CCC(=O)NC6=O)cc5)C4)CC3)CC2)ccc1Nc1ncc(Cl)c(Nc2ccccc2P(C)(C)=O)n1. The Kier molecular flexibility index (Phi) is 11.3. The highest BCUT2D eigenvalue weighted by molar-refractivity contribution is 7.70. The van der Waals surface area contributed by atoms with E-state index in [4.69, 9.17) is 16.3 Å². The van der Waals surface area contributed by atoms with E-state index in [1.54, 1.807) is 31.5 Å². The molecule has 3 N–H and O–H groups in total. The number of amides is 3. The molecule has 0 radical (unpaired) electrons. The number of para-hydroxylation sites is 1. The van der Waals surface area contributed by atoms with Gasteiger partial charge in [0.05, 0.1) is 24.7 Å². The van der Waals surface area contributed by atoms with E-state index in [0.717, 1.165) is 87.6 Å². The first kappa shape index (κ1) is 39.0. The molecule has 0 atom stereocenters. The van der Waals surface area contributed by atoms with E-state index in [0.29, 0.717) is 53.3 Å². The highest BCUT2D eigenvalue weighted by Crippen LogP contribution is 2.39. The second-order valence-corrected chi connectivity index (χ2v) is 19.1. The van der Waals surface area contributed by atoms with Gasteiger partial charge in [0.2, 0.25) is 11.9 Å². The predicted molar refractivity (Wildman–Crippen MR) is 228 cm³/mol. The van der Waals surface area contributed by atoms with Gasteiger partial charge in [-0.05, 0) is 74.7 Å². The largest absolute Gasteiger partial charge is 0.494 e. The summed E-state index contributed by atoms with van der Waals surface area (Å²) in [5.74, 6) is 1.24. The maximum absolute atomic E-state index is 12.9. The second-order valence-electron chi connectivity index (χ2n) is 15.5. The van der Waals surface area contributed by atoms with Crippen LogP contribution in [-0.2, 0) is 9.36 Å². The number of nitrogens with one attached hydrogen (secondary N) is 3. The monoisotopic (exact) mass is 812 g/mol. The topological polar surface area (TPSA) is 139 Å². The number of halogens is 1. The first-order chi connectivity index (χ1) is 27.5. The Hall–Kier alpha value is -4.88. The molecular formula is C41H50ClN10O4P. The molecule has 0 saturated carbocycles. The fourth-order valence-corrected chi connectivity index (χ4v) is 9.59. The zero-order chi connectivity index (χ0) is 39.7. The molecule has 8 rings (SSSR count). The summed E-state index contributed by atoms with van der Waals surface area (Å²) in [7, 11) is -0.872. The van der Waals surface area contributed by atoms with Crippen molar-refractivity contribution < 1.29 is 18.9 Å². The summed E-state index contributed by atoms with van der Waals surface area (Å²) in [6.45, 7) is 12.3. The van der Waals surface area contributed by atoms with E-state index >= 15 is 0 Å². The molecule has 4 aliphatic heterocycles. The maximum Gasteiger partial charge on any atom is 0.328 e. The number of rotatable bonds is 11. The molecule has 4 fully saturated rings. The third kappa shape index (κ3) is 8.69. The number of anilines is 7. The third-order valence-corrected chi connectivity index (χ3v) is 13.4. The number of ether oxygens (including phenoxy) is 1. The molecule has 0 aliphatic carbocycles. The van der Waals surface area contributed by atoms with Gasteiger partial charge >= 0.3 is 6.03 Å². The number of imide groups is 1. The molecule has 14 nitrogen and oxygen atoms in total. The van der Waals surface area contributed by atoms with Crippen molar-refractivity contribution in [3.05, 3.63) is 77.9 Å². The molecule has 4 saturated heterocycles. The fraction of sp³-hybridized carbons (Fsp3) is 0.415. The molecule has 4 aliphatic rings. The lowest BCUT2D eigenvalue weighted by atomic mass is 10.00. The van der Waals surface area contributed by atoms with Crippen molar-refractivity contribution in [1.29, 1.82) is 0 Å². The maximum atomic E-state index is 12.9. The van der Waals surface area contributed by atoms with Gasteiger partial charge in [-0.15, -0.1) is 0 Å². The van der Waals surface area contributed by atoms with Crippen molar-refractivity contribution in [1.82, 2.24) is 25.1 Å². The molecule has 300 valence electrons. The highest BCUT2D eigenvalue weighted by atomic mass is 35.5. The minimum absolute atomic E-state index is 0.219. The van der Waals surface area contributed by atoms with Crippen LogP contribution in [0.5, 0.6) is 5.75 Å². The standard InChI is InChI=1S/C41H50ClN10O4P/c1-56-36-24-31(12-13-34(36)45-40-43-25-33(42)39(47-40)44-35-6-4-5-7-37(35)57(2,3)55)48-17-14-29(15-18-48)49-20-22-50(23-21-49)32-26-51(27-32)28-8-10-30(11-9-28)52-19-16-38(53)46-41(52)54/h4-13,24-25,29,32H,14-23,26-27H2,1-3H3,(H,46,53,54)(H2,43,44,45,47). The van der Waals surface area contributed by atoms with Crippen molar-refractivity contribution in [3.63, 3.8) is 0 Å². The summed E-state index contributed by atoms with van der Waals surface area (Å²) in [6.07, 6.45) is 4.10. The first-order valence-electron chi connectivity index (χ1n) is 19.6. The van der Waals surface area contributed by atoms with E-state index < -0.39 is 7.14 Å². The number of methoxy groups -OCH3 is 1. The summed E-state index contributed by atoms with van der Waals surface area (Å²) in [5.41, 5.74) is 4.54. The van der Waals surface area contributed by atoms with Crippen molar-refractivity contribution >= 4 is 76.2 Å². The lowest BCUT2D eigenvalue weighted by molar-refractivity contribution is -0.120. The Bertz CT molecular complexity index is 2150. The Balaban J connectivity index is 0.802. The molecular weight excluding hydrogens is 763 g/mol. The van der Waals surface area contributed by atoms with Crippen LogP contribution in [0.1, 0.15) is 19.3 Å². The number of hydrogen-bond acceptors (Lipinski definition) is 12. The Labute approximate surface area is 338 Å². The molecule has 0 unspecified atom stereocenters. The van der Waals surface area contributed by atoms with Crippen LogP contribution < -0.4 is 40.7 Å². The van der Waals surface area contributed by atoms with Gasteiger partial charge in [-0.3, -0.25) is 24.8 Å². The van der Waals surface area contributed by atoms with Gasteiger partial charge in [-0.1, -0.05) is 23.7 Å². The van der Waals surface area contributed by atoms with Crippen molar-refractivity contribution in [2.45, 2.75) is 31.3 Å². The van der Waals surface area contributed by atoms with Crippen LogP contribution in [0.25, 0.3) is 0 Å². The number of hydrogen-bond donors (Lipinski definition) is 3. The molecule has 4 aromatic rings. The zero-order valence-corrected chi connectivity index (χ0v) is 34.3. The normalized spacial score (nSPS) is 19.0. The van der Waals surface area contributed by atoms with E-state index in [1.807, 2.05) is 42.5 Å². The Morgan fingerprint density at radius 2 is 1.46 bits per heavy atom. The van der Waals surface area contributed by atoms with Gasteiger partial charge in [0.25, 0.3) is 0 Å². The smallest absolute Gasteiger partial charge is 0.328 e. The number of carbonyl (C=O) groups excluding carboxylic acids is 2. The number of nitrogens with zero attached hydrogens (tertiary/aromatic N) is 7. The molecule has 5 heterocycles. The van der Waals surface area contributed by atoms with Crippen LogP contribution in [-0.4, -0.2) is 123 Å². The van der Waals surface area contributed by atoms with E-state index in [1.165, 1.54) is 5.69 Å². The molecule has 0 spiro atoms. The summed E-state index contributed by atoms with van der Waals surface area (Å²) in [4.78, 5) is 44.6. The number of aromatic nitrogens is 2. The fourth-order valence-electron chi connectivity index (χ4n) is 8.30. The first-order valence-corrected chi connectivity index (χ1v) is 22.6. The van der Waals surface area contributed by atoms with E-state index in [-0.39, 0.29) is 11.9 Å². The van der Waals surface area contributed by atoms with Crippen molar-refractivity contribution in [2.75, 3.05) is 105 Å². The number of urea groups is 1. The van der Waals surface area contributed by atoms with Gasteiger partial charge in [-0.25, -0.2) is 9.78 Å². The third-order valence-electron chi connectivity index (χ3n) is 11.6. The second kappa shape index (κ2) is 16.5.